The Labute approximate surface area is 175 Å². The summed E-state index contributed by atoms with van der Waals surface area (Å²) in [6.07, 6.45) is 7.59. The van der Waals surface area contributed by atoms with Gasteiger partial charge in [-0.15, -0.1) is 0 Å². The Morgan fingerprint density at radius 3 is 2.72 bits per heavy atom. The number of rotatable bonds is 3. The van der Waals surface area contributed by atoms with E-state index in [-0.39, 0.29) is 29.0 Å². The molecule has 3 unspecified atom stereocenters. The first-order chi connectivity index (χ1) is 14.1. The number of aliphatic imine (C=N–C) groups is 1. The summed E-state index contributed by atoms with van der Waals surface area (Å²) >= 11 is 1.49. The summed E-state index contributed by atoms with van der Waals surface area (Å²) in [5, 5.41) is 3.42. The molecule has 4 aliphatic carbocycles. The smallest absolute Gasteiger partial charge is 0.240 e. The van der Waals surface area contributed by atoms with Crippen molar-refractivity contribution < 1.29 is 9.59 Å². The zero-order chi connectivity index (χ0) is 19.6. The van der Waals surface area contributed by atoms with Crippen molar-refractivity contribution in [3.63, 3.8) is 0 Å². The predicted molar refractivity (Wildman–Crippen MR) is 113 cm³/mol. The van der Waals surface area contributed by atoms with Crippen molar-refractivity contribution in [3.05, 3.63) is 35.4 Å². The van der Waals surface area contributed by atoms with E-state index in [1.54, 1.807) is 0 Å². The van der Waals surface area contributed by atoms with E-state index in [0.717, 1.165) is 30.0 Å². The molecule has 6 heteroatoms. The number of hydrogen-bond donors (Lipinski definition) is 1. The van der Waals surface area contributed by atoms with E-state index in [9.17, 15) is 9.59 Å². The van der Waals surface area contributed by atoms with Gasteiger partial charge in [-0.2, -0.15) is 0 Å². The highest BCUT2D eigenvalue weighted by Crippen LogP contribution is 2.62. The minimum Gasteiger partial charge on any atom is -0.338 e. The fourth-order valence-electron chi connectivity index (χ4n) is 6.73. The Balaban J connectivity index is 1.12. The van der Waals surface area contributed by atoms with Crippen LogP contribution in [0.2, 0.25) is 0 Å². The van der Waals surface area contributed by atoms with Crippen LogP contribution in [0.1, 0.15) is 49.7 Å². The molecule has 5 fully saturated rings. The molecule has 0 aromatic heterocycles. The van der Waals surface area contributed by atoms with E-state index in [1.165, 1.54) is 55.0 Å². The second-order valence-corrected chi connectivity index (χ2v) is 10.9. The molecule has 2 heterocycles. The highest BCUT2D eigenvalue weighted by molar-refractivity contribution is 8.15. The number of amides is 2. The van der Waals surface area contributed by atoms with Crippen LogP contribution < -0.4 is 5.32 Å². The van der Waals surface area contributed by atoms with Gasteiger partial charge in [0.05, 0.1) is 5.54 Å². The van der Waals surface area contributed by atoms with Gasteiger partial charge in [-0.05, 0) is 67.4 Å². The van der Waals surface area contributed by atoms with Crippen LogP contribution in [-0.4, -0.2) is 39.2 Å². The molecule has 6 aliphatic rings. The molecular weight excluding hydrogens is 382 g/mol. The van der Waals surface area contributed by atoms with Crippen molar-refractivity contribution in [2.75, 3.05) is 6.54 Å². The van der Waals surface area contributed by atoms with E-state index >= 15 is 0 Å². The molecule has 29 heavy (non-hydrogen) atoms. The Kier molecular flexibility index (Phi) is 4.09. The number of benzene rings is 1. The number of carbonyl (C=O) groups is 2. The third-order valence-electron chi connectivity index (χ3n) is 7.89. The van der Waals surface area contributed by atoms with Gasteiger partial charge in [-0.1, -0.05) is 36.0 Å². The molecule has 1 aromatic carbocycles. The van der Waals surface area contributed by atoms with Crippen LogP contribution in [0.4, 0.5) is 0 Å². The second-order valence-electron chi connectivity index (χ2n) is 9.70. The highest BCUT2D eigenvalue weighted by atomic mass is 32.2. The standard InChI is InChI=1S/C23H27N3O2S/c27-20(26-6-5-16-3-1-2-4-17(16)13-26)10-19-21(28)24-22(29-19)25-23-11-14-7-15(12-23)9-18(23)8-14/h1-4,14-15,18-19H,5-13H2,(H,24,25,28). The van der Waals surface area contributed by atoms with E-state index in [4.69, 9.17) is 4.99 Å². The van der Waals surface area contributed by atoms with Crippen LogP contribution in [-0.2, 0) is 22.6 Å². The number of nitrogens with one attached hydrogen (secondary N) is 1. The first kappa shape index (κ1) is 18.0. The minimum atomic E-state index is -0.342. The van der Waals surface area contributed by atoms with Gasteiger partial charge in [0.25, 0.3) is 0 Å². The van der Waals surface area contributed by atoms with Crippen LogP contribution in [0.15, 0.2) is 29.3 Å². The number of amidine groups is 1. The quantitative estimate of drug-likeness (QED) is 0.834. The number of carbonyl (C=O) groups excluding carboxylic acids is 2. The molecule has 2 amide bonds. The van der Waals surface area contributed by atoms with Crippen molar-refractivity contribution >= 4 is 28.7 Å². The maximum absolute atomic E-state index is 12.9. The Bertz CT molecular complexity index is 899. The van der Waals surface area contributed by atoms with Crippen molar-refractivity contribution in [2.45, 2.75) is 62.3 Å². The van der Waals surface area contributed by atoms with E-state index in [1.807, 2.05) is 11.0 Å². The molecule has 1 saturated heterocycles. The summed E-state index contributed by atoms with van der Waals surface area (Å²) in [6, 6.07) is 8.32. The monoisotopic (exact) mass is 409 g/mol. The summed E-state index contributed by atoms with van der Waals surface area (Å²) in [5.74, 6) is 2.43. The molecule has 2 aliphatic heterocycles. The third-order valence-corrected chi connectivity index (χ3v) is 8.97. The number of hydrogen-bond acceptors (Lipinski definition) is 4. The predicted octanol–water partition coefficient (Wildman–Crippen LogP) is 3.13. The van der Waals surface area contributed by atoms with Crippen LogP contribution >= 0.6 is 11.8 Å². The Hall–Kier alpha value is -1.82. The van der Waals surface area contributed by atoms with E-state index < -0.39 is 0 Å². The number of fused-ring (bicyclic) bond motifs is 1. The normalized spacial score (nSPS) is 38.6. The maximum Gasteiger partial charge on any atom is 0.240 e. The average Bonchev–Trinajstić information content (AvgIpc) is 3.25. The zero-order valence-electron chi connectivity index (χ0n) is 16.6. The first-order valence-electron chi connectivity index (χ1n) is 11.0. The molecule has 1 aromatic rings. The van der Waals surface area contributed by atoms with Crippen LogP contribution in [0.25, 0.3) is 0 Å². The molecule has 4 saturated carbocycles. The van der Waals surface area contributed by atoms with Crippen LogP contribution in [0.5, 0.6) is 0 Å². The lowest BCUT2D eigenvalue weighted by Gasteiger charge is -2.29. The lowest BCUT2D eigenvalue weighted by atomic mass is 9.81. The number of thioether (sulfide) groups is 1. The summed E-state index contributed by atoms with van der Waals surface area (Å²) in [4.78, 5) is 32.5. The van der Waals surface area contributed by atoms with Gasteiger partial charge in [0, 0.05) is 19.5 Å². The molecule has 0 radical (unpaired) electrons. The van der Waals surface area contributed by atoms with Crippen molar-refractivity contribution in [3.8, 4) is 0 Å². The molecule has 1 N–H and O–H groups in total. The van der Waals surface area contributed by atoms with Crippen LogP contribution in [0.3, 0.4) is 0 Å². The number of nitrogens with zero attached hydrogens (tertiary/aromatic N) is 2. The maximum atomic E-state index is 12.9. The molecule has 5 nitrogen and oxygen atoms in total. The summed E-state index contributed by atoms with van der Waals surface area (Å²) in [7, 11) is 0. The fourth-order valence-corrected chi connectivity index (χ4v) is 7.78. The topological polar surface area (TPSA) is 61.8 Å². The first-order valence-corrected chi connectivity index (χ1v) is 11.9. The lowest BCUT2D eigenvalue weighted by Crippen LogP contribution is -2.38. The van der Waals surface area contributed by atoms with Gasteiger partial charge in [0.15, 0.2) is 5.17 Å². The van der Waals surface area contributed by atoms with E-state index in [0.29, 0.717) is 12.5 Å². The van der Waals surface area contributed by atoms with Crippen molar-refractivity contribution in [1.82, 2.24) is 10.2 Å². The summed E-state index contributed by atoms with van der Waals surface area (Å²) in [6.45, 7) is 1.39. The zero-order valence-corrected chi connectivity index (χ0v) is 17.4. The second kappa shape index (κ2) is 6.59. The minimum absolute atomic E-state index is 0.0476. The molecular formula is C23H27N3O2S. The highest BCUT2D eigenvalue weighted by Gasteiger charge is 2.58. The summed E-state index contributed by atoms with van der Waals surface area (Å²) in [5.41, 5.74) is 2.64. The van der Waals surface area contributed by atoms with Gasteiger partial charge in [-0.3, -0.25) is 14.6 Å². The van der Waals surface area contributed by atoms with Gasteiger partial charge < -0.3 is 10.2 Å². The Morgan fingerprint density at radius 2 is 1.93 bits per heavy atom. The van der Waals surface area contributed by atoms with Gasteiger partial charge in [0.1, 0.15) is 5.25 Å². The van der Waals surface area contributed by atoms with Crippen molar-refractivity contribution in [2.24, 2.45) is 22.7 Å². The fraction of sp³-hybridized carbons (Fsp3) is 0.609. The Morgan fingerprint density at radius 1 is 1.17 bits per heavy atom. The molecule has 7 rings (SSSR count). The third kappa shape index (κ3) is 3.02. The average molecular weight is 410 g/mol. The van der Waals surface area contributed by atoms with E-state index in [2.05, 4.69) is 23.5 Å². The van der Waals surface area contributed by atoms with Crippen LogP contribution in [0, 0.1) is 17.8 Å². The molecule has 3 atom stereocenters. The van der Waals surface area contributed by atoms with Crippen molar-refractivity contribution in [1.29, 1.82) is 0 Å². The molecule has 4 bridgehead atoms. The molecule has 0 spiro atoms. The van der Waals surface area contributed by atoms with Gasteiger partial charge >= 0.3 is 0 Å². The summed E-state index contributed by atoms with van der Waals surface area (Å²) < 4.78 is 0. The van der Waals surface area contributed by atoms with Gasteiger partial charge in [-0.25, -0.2) is 0 Å². The van der Waals surface area contributed by atoms with Gasteiger partial charge in [0.2, 0.25) is 11.8 Å². The SMILES string of the molecule is O=C1NC(=NC23CC4CC(CC2C4)C3)SC1CC(=O)N1CCc2ccccc2C1. The largest absolute Gasteiger partial charge is 0.338 e. The molecule has 152 valence electrons. The lowest BCUT2D eigenvalue weighted by molar-refractivity contribution is -0.133.